The Labute approximate surface area is 86.4 Å². The van der Waals surface area contributed by atoms with Crippen LogP contribution in [-0.4, -0.2) is 31.2 Å². The van der Waals surface area contributed by atoms with Crippen LogP contribution < -0.4 is 10.6 Å². The van der Waals surface area contributed by atoms with Gasteiger partial charge in [-0.3, -0.25) is 4.79 Å². The number of carbonyl (C=O) groups excluding carboxylic acids is 1. The van der Waals surface area contributed by atoms with Crippen LogP contribution >= 0.6 is 0 Å². The van der Waals surface area contributed by atoms with E-state index in [1.54, 1.807) is 0 Å². The Bertz CT molecular complexity index is 226. The molecule has 0 bridgehead atoms. The van der Waals surface area contributed by atoms with Gasteiger partial charge >= 0.3 is 6.18 Å². The maximum absolute atomic E-state index is 11.7. The summed E-state index contributed by atoms with van der Waals surface area (Å²) in [6.45, 7) is 0.466. The number of halogens is 3. The first-order valence-electron chi connectivity index (χ1n) is 4.95. The van der Waals surface area contributed by atoms with Crippen LogP contribution in [0.2, 0.25) is 0 Å². The van der Waals surface area contributed by atoms with Gasteiger partial charge in [0.25, 0.3) is 0 Å². The van der Waals surface area contributed by atoms with Crippen LogP contribution in [0.4, 0.5) is 13.2 Å². The van der Waals surface area contributed by atoms with Crippen molar-refractivity contribution in [2.24, 2.45) is 5.92 Å². The van der Waals surface area contributed by atoms with Crippen LogP contribution in [0, 0.1) is 5.92 Å². The first kappa shape index (κ1) is 12.3. The van der Waals surface area contributed by atoms with E-state index >= 15 is 0 Å². The van der Waals surface area contributed by atoms with E-state index in [2.05, 4.69) is 10.6 Å². The van der Waals surface area contributed by atoms with E-state index in [4.69, 9.17) is 0 Å². The molecule has 3 nitrogen and oxygen atoms in total. The number of hydrogen-bond acceptors (Lipinski definition) is 2. The van der Waals surface area contributed by atoms with Gasteiger partial charge in [-0.05, 0) is 25.7 Å². The van der Waals surface area contributed by atoms with Crippen LogP contribution in [0.5, 0.6) is 0 Å². The molecule has 1 aliphatic carbocycles. The van der Waals surface area contributed by atoms with Crippen molar-refractivity contribution < 1.29 is 18.0 Å². The van der Waals surface area contributed by atoms with Crippen molar-refractivity contribution in [3.05, 3.63) is 0 Å². The zero-order valence-electron chi connectivity index (χ0n) is 8.53. The van der Waals surface area contributed by atoms with E-state index in [-0.39, 0.29) is 18.5 Å². The Morgan fingerprint density at radius 2 is 2.07 bits per heavy atom. The molecule has 1 amide bonds. The monoisotopic (exact) mass is 224 g/mol. The molecular weight excluding hydrogens is 209 g/mol. The summed E-state index contributed by atoms with van der Waals surface area (Å²) in [5.41, 5.74) is 0. The molecule has 15 heavy (non-hydrogen) atoms. The SMILES string of the molecule is CC(NC(=O)CNCC(F)(F)F)C1CC1. The van der Waals surface area contributed by atoms with Gasteiger partial charge in [0.05, 0.1) is 13.1 Å². The molecule has 0 heterocycles. The molecule has 1 rings (SSSR count). The first-order valence-corrected chi connectivity index (χ1v) is 4.95. The molecule has 0 radical (unpaired) electrons. The van der Waals surface area contributed by atoms with Gasteiger partial charge in [-0.2, -0.15) is 13.2 Å². The third kappa shape index (κ3) is 5.61. The molecule has 0 aromatic rings. The molecule has 1 saturated carbocycles. The normalized spacial score (nSPS) is 18.7. The highest BCUT2D eigenvalue weighted by Crippen LogP contribution is 2.32. The zero-order chi connectivity index (χ0) is 11.5. The second-order valence-corrected chi connectivity index (χ2v) is 3.91. The number of rotatable bonds is 5. The minimum atomic E-state index is -4.26. The lowest BCUT2D eigenvalue weighted by molar-refractivity contribution is -0.128. The van der Waals surface area contributed by atoms with Crippen molar-refractivity contribution in [2.75, 3.05) is 13.1 Å². The molecule has 1 atom stereocenters. The second-order valence-electron chi connectivity index (χ2n) is 3.91. The average Bonchev–Trinajstić information content (AvgIpc) is 2.82. The van der Waals surface area contributed by atoms with Crippen LogP contribution in [0.1, 0.15) is 19.8 Å². The molecule has 1 unspecified atom stereocenters. The molecule has 88 valence electrons. The quantitative estimate of drug-likeness (QED) is 0.733. The van der Waals surface area contributed by atoms with E-state index in [9.17, 15) is 18.0 Å². The maximum Gasteiger partial charge on any atom is 0.401 e. The van der Waals surface area contributed by atoms with Crippen molar-refractivity contribution in [1.82, 2.24) is 10.6 Å². The van der Waals surface area contributed by atoms with Crippen LogP contribution in [-0.2, 0) is 4.79 Å². The van der Waals surface area contributed by atoms with E-state index in [0.29, 0.717) is 5.92 Å². The van der Waals surface area contributed by atoms with Crippen LogP contribution in [0.3, 0.4) is 0 Å². The summed E-state index contributed by atoms with van der Waals surface area (Å²) in [5.74, 6) is 0.134. The second kappa shape index (κ2) is 4.83. The lowest BCUT2D eigenvalue weighted by Gasteiger charge is -2.13. The van der Waals surface area contributed by atoms with Crippen LogP contribution in [0.15, 0.2) is 0 Å². The van der Waals surface area contributed by atoms with Crippen molar-refractivity contribution in [2.45, 2.75) is 32.0 Å². The Morgan fingerprint density at radius 1 is 1.47 bits per heavy atom. The largest absolute Gasteiger partial charge is 0.401 e. The van der Waals surface area contributed by atoms with Gasteiger partial charge in [-0.1, -0.05) is 0 Å². The topological polar surface area (TPSA) is 41.1 Å². The third-order valence-corrected chi connectivity index (χ3v) is 2.33. The molecule has 0 spiro atoms. The minimum absolute atomic E-state index is 0.0742. The average molecular weight is 224 g/mol. The van der Waals surface area contributed by atoms with Crippen molar-refractivity contribution in [3.8, 4) is 0 Å². The van der Waals surface area contributed by atoms with E-state index < -0.39 is 12.7 Å². The molecule has 2 N–H and O–H groups in total. The first-order chi connectivity index (χ1) is 6.88. The van der Waals surface area contributed by atoms with Crippen molar-refractivity contribution >= 4 is 5.91 Å². The Hall–Kier alpha value is -0.780. The molecular formula is C9H15F3N2O. The van der Waals surface area contributed by atoms with Gasteiger partial charge < -0.3 is 10.6 Å². The van der Waals surface area contributed by atoms with Gasteiger partial charge in [0, 0.05) is 6.04 Å². The fourth-order valence-corrected chi connectivity index (χ4v) is 1.34. The highest BCUT2D eigenvalue weighted by atomic mass is 19.4. The molecule has 6 heteroatoms. The summed E-state index contributed by atoms with van der Waals surface area (Å²) in [4.78, 5) is 11.1. The minimum Gasteiger partial charge on any atom is -0.352 e. The number of nitrogens with one attached hydrogen (secondary N) is 2. The van der Waals surface area contributed by atoms with E-state index in [1.165, 1.54) is 0 Å². The summed E-state index contributed by atoms with van der Waals surface area (Å²) in [5, 5.41) is 4.71. The predicted molar refractivity (Wildman–Crippen MR) is 49.3 cm³/mol. The molecule has 0 aromatic carbocycles. The summed E-state index contributed by atoms with van der Waals surface area (Å²) in [7, 11) is 0. The van der Waals surface area contributed by atoms with Gasteiger partial charge in [0.15, 0.2) is 0 Å². The molecule has 0 aliphatic heterocycles. The fourth-order valence-electron chi connectivity index (χ4n) is 1.34. The highest BCUT2D eigenvalue weighted by Gasteiger charge is 2.29. The lowest BCUT2D eigenvalue weighted by Crippen LogP contribution is -2.42. The fraction of sp³-hybridized carbons (Fsp3) is 0.889. The Balaban J connectivity index is 2.07. The predicted octanol–water partition coefficient (Wildman–Crippen LogP) is 1.05. The van der Waals surface area contributed by atoms with Crippen molar-refractivity contribution in [1.29, 1.82) is 0 Å². The molecule has 1 aliphatic rings. The summed E-state index contributed by atoms with van der Waals surface area (Å²) in [6, 6.07) is 0.0742. The van der Waals surface area contributed by atoms with Gasteiger partial charge in [0.1, 0.15) is 0 Å². The van der Waals surface area contributed by atoms with Crippen molar-refractivity contribution in [3.63, 3.8) is 0 Å². The summed E-state index contributed by atoms with van der Waals surface area (Å²) < 4.78 is 35.1. The highest BCUT2D eigenvalue weighted by molar-refractivity contribution is 5.78. The third-order valence-electron chi connectivity index (χ3n) is 2.33. The number of hydrogen-bond donors (Lipinski definition) is 2. The number of amides is 1. The zero-order valence-corrected chi connectivity index (χ0v) is 8.53. The Kier molecular flexibility index (Phi) is 3.96. The molecule has 0 saturated heterocycles. The smallest absolute Gasteiger partial charge is 0.352 e. The van der Waals surface area contributed by atoms with Gasteiger partial charge in [0.2, 0.25) is 5.91 Å². The van der Waals surface area contributed by atoms with E-state index in [0.717, 1.165) is 12.8 Å². The Morgan fingerprint density at radius 3 is 2.53 bits per heavy atom. The van der Waals surface area contributed by atoms with Crippen LogP contribution in [0.25, 0.3) is 0 Å². The van der Waals surface area contributed by atoms with Gasteiger partial charge in [-0.25, -0.2) is 0 Å². The van der Waals surface area contributed by atoms with E-state index in [1.807, 2.05) is 6.92 Å². The number of alkyl halides is 3. The summed E-state index contributed by atoms with van der Waals surface area (Å²) >= 11 is 0. The molecule has 0 aromatic heterocycles. The standard InChI is InChI=1S/C9H15F3N2O/c1-6(7-2-3-7)14-8(15)4-13-5-9(10,11)12/h6-7,13H,2-5H2,1H3,(H,14,15). The number of carbonyl (C=O) groups is 1. The molecule has 1 fully saturated rings. The lowest BCUT2D eigenvalue weighted by atomic mass is 10.2. The van der Waals surface area contributed by atoms with Gasteiger partial charge in [-0.15, -0.1) is 0 Å². The maximum atomic E-state index is 11.7. The summed E-state index contributed by atoms with van der Waals surface area (Å²) in [6.07, 6.45) is -2.07.